The molecule has 522 valence electrons. The predicted molar refractivity (Wildman–Crippen MR) is 433 cm³/mol. The number of furan rings is 3. The van der Waals surface area contributed by atoms with Crippen LogP contribution in [0.3, 0.4) is 0 Å². The number of rotatable bonds is 14. The number of halogens is 2. The first kappa shape index (κ1) is 78.8. The Morgan fingerprint density at radius 1 is 0.300 bits per heavy atom. The van der Waals surface area contributed by atoms with Crippen molar-refractivity contribution < 1.29 is 177 Å². The van der Waals surface area contributed by atoms with Crippen molar-refractivity contribution in [2.24, 2.45) is 0 Å². The van der Waals surface area contributed by atoms with Crippen molar-refractivity contribution in [1.82, 2.24) is 19.9 Å². The van der Waals surface area contributed by atoms with Gasteiger partial charge in [0.25, 0.3) is 6.47 Å². The molecule has 5 aromatic heterocycles. The van der Waals surface area contributed by atoms with Crippen LogP contribution >= 0.6 is 23.2 Å². The summed E-state index contributed by atoms with van der Waals surface area (Å²) in [6, 6.07) is 120. The van der Waals surface area contributed by atoms with Gasteiger partial charge in [-0.3, -0.25) is 4.79 Å². The smallest absolute Gasteiger partial charge is 1.00 e. The maximum atomic E-state index is 8.79. The van der Waals surface area contributed by atoms with Gasteiger partial charge in [0.1, 0.15) is 33.9 Å². The molecule has 0 spiro atoms. The molecule has 0 saturated carbocycles. The van der Waals surface area contributed by atoms with E-state index in [1.165, 1.54) is 0 Å². The van der Waals surface area contributed by atoms with Crippen molar-refractivity contribution in [3.05, 3.63) is 368 Å². The van der Waals surface area contributed by atoms with Crippen LogP contribution in [0.25, 0.3) is 168 Å². The Balaban J connectivity index is 0.000000174. The first-order chi connectivity index (χ1) is 53.0. The minimum absolute atomic E-state index is 0. The Bertz CT molecular complexity index is 5780. The topological polar surface area (TPSA) is 181 Å². The Hall–Kier alpha value is -9.26. The average Bonchev–Trinajstić information content (AvgIpc) is 0.978. The normalized spacial score (nSPS) is 10.7. The van der Waals surface area contributed by atoms with E-state index in [4.69, 9.17) is 76.5 Å². The van der Waals surface area contributed by atoms with E-state index < -0.39 is 7.12 Å². The van der Waals surface area contributed by atoms with E-state index >= 15 is 0 Å². The molecule has 13 aromatic carbocycles. The Labute approximate surface area is 764 Å². The molecular weight excluding hydrogens is 1650 g/mol. The van der Waals surface area contributed by atoms with Crippen LogP contribution < -0.4 is 149 Å². The SMILES string of the molecule is Clc1cccc(-c2cc(-c3cccc(Cl)c3)cc(-c3nc(-c4ccccc4)cc(-c4ccccc4)n3)c2)c1.O=CO[O-].OB(O)c1cc2ccccc2o1.[Cs+].[Cs+].[H-].c1ccc(-c2cc(-c3ccccc3)nc(-c3cc(-c4cccc(-c5cc6ccccc6o5)c4)cc(-c4cccc(-c5cc6ccccc6o5)c4)c3)n2)cc1. The number of hydrogen-bond acceptors (Lipinski definition) is 12. The number of aromatic nitrogens is 4. The third-order valence-electron chi connectivity index (χ3n) is 18.0. The van der Waals surface area contributed by atoms with Gasteiger partial charge in [-0.05, 0) is 166 Å². The van der Waals surface area contributed by atoms with Crippen LogP contribution in [0.2, 0.25) is 10.0 Å². The molecule has 0 unspecified atom stereocenters. The van der Waals surface area contributed by atoms with E-state index in [9.17, 15) is 0 Å². The zero-order valence-electron chi connectivity index (χ0n) is 60.6. The van der Waals surface area contributed by atoms with Crippen molar-refractivity contribution in [3.63, 3.8) is 0 Å². The van der Waals surface area contributed by atoms with E-state index in [2.05, 4.69) is 181 Å². The molecule has 12 nitrogen and oxygen atoms in total. The van der Waals surface area contributed by atoms with Crippen LogP contribution in [0.1, 0.15) is 1.43 Å². The molecule has 0 atom stereocenters. The molecule has 0 bridgehead atoms. The third-order valence-corrected chi connectivity index (χ3v) is 18.4. The van der Waals surface area contributed by atoms with E-state index in [-0.39, 0.29) is 151 Å². The van der Waals surface area contributed by atoms with Crippen LogP contribution in [0.15, 0.2) is 371 Å². The van der Waals surface area contributed by atoms with Gasteiger partial charge in [-0.2, -0.15) is 0 Å². The minimum atomic E-state index is -1.53. The van der Waals surface area contributed by atoms with Crippen molar-refractivity contribution >= 4 is 75.4 Å². The largest absolute Gasteiger partial charge is 1.00 e. The number of hydrogen-bond donors (Lipinski definition) is 2. The Morgan fingerprint density at radius 3 is 0.873 bits per heavy atom. The summed E-state index contributed by atoms with van der Waals surface area (Å²) in [5.74, 6) is 2.97. The molecule has 0 aliphatic rings. The van der Waals surface area contributed by atoms with Crippen LogP contribution in [0.4, 0.5) is 0 Å². The van der Waals surface area contributed by atoms with Gasteiger partial charge < -0.3 is 34.9 Å². The molecule has 2 N–H and O–H groups in total. The molecular formula is C93H63BCl2Cs2N4O8. The van der Waals surface area contributed by atoms with Gasteiger partial charge >= 0.3 is 145 Å². The average molecular weight is 1710 g/mol. The van der Waals surface area contributed by atoms with Crippen LogP contribution in [-0.2, 0) is 9.68 Å². The fourth-order valence-corrected chi connectivity index (χ4v) is 13.2. The number of benzene rings is 13. The van der Waals surface area contributed by atoms with Crippen molar-refractivity contribution in [3.8, 4) is 135 Å². The number of fused-ring (bicyclic) bond motifs is 3. The summed E-state index contributed by atoms with van der Waals surface area (Å²) < 4.78 is 17.7. The number of para-hydroxylation sites is 3. The minimum Gasteiger partial charge on any atom is -1.00 e. The van der Waals surface area contributed by atoms with Gasteiger partial charge in [-0.25, -0.2) is 19.9 Å². The van der Waals surface area contributed by atoms with E-state index in [1.54, 1.807) is 12.1 Å². The van der Waals surface area contributed by atoms with E-state index in [0.29, 0.717) is 27.3 Å². The molecule has 17 heteroatoms. The van der Waals surface area contributed by atoms with Crippen LogP contribution in [-0.4, -0.2) is 43.6 Å². The van der Waals surface area contributed by atoms with Gasteiger partial charge in [0.05, 0.1) is 22.8 Å². The second-order valence-corrected chi connectivity index (χ2v) is 26.1. The third kappa shape index (κ3) is 19.4. The van der Waals surface area contributed by atoms with Crippen molar-refractivity contribution in [2.75, 3.05) is 0 Å². The summed E-state index contributed by atoms with van der Waals surface area (Å²) in [6.07, 6.45) is 0. The second-order valence-electron chi connectivity index (χ2n) is 25.2. The maximum Gasteiger partial charge on any atom is 1.00 e. The molecule has 0 aliphatic heterocycles. The molecule has 5 heterocycles. The predicted octanol–water partition coefficient (Wildman–Crippen LogP) is 16.4. The summed E-state index contributed by atoms with van der Waals surface area (Å²) in [7, 11) is -1.53. The Kier molecular flexibility index (Phi) is 27.0. The monoisotopic (exact) mass is 1710 g/mol. The van der Waals surface area contributed by atoms with Gasteiger partial charge in [0.2, 0.25) is 0 Å². The van der Waals surface area contributed by atoms with Gasteiger partial charge in [-0.15, -0.1) is 0 Å². The van der Waals surface area contributed by atoms with Crippen LogP contribution in [0, 0.1) is 0 Å². The standard InChI is InChI=1S/C50H32N2O2.C34H22Cl2N2.C8H7BO3.CH2O3.2Cs.H/c1-3-13-33(14-4-1)44-32-45(34-15-5-2-6-16-34)52-50(51-44)43-28-41(35-19-11-21-37(25-35)48-30-39-17-7-9-23-46(39)53-48)27-42(29-43)36-20-12-22-38(26-36)49-31-40-18-8-10-24-47(40)54-49;35-30-15-7-13-25(20-30)27-17-28(26-14-8-16-31(36)21-26)19-29(18-27)34-37-32(23-9-3-1-4-10-23)22-33(38-34)24-11-5-2-6-12-24;10-9(11)8-5-6-3-1-2-4-7(6)12-8;2-1-4-3;;;/h1-32H;1-22H;1-5,10-11H;1,3H;;;/q;;;;2*+1;-1/p-1. The summed E-state index contributed by atoms with van der Waals surface area (Å²) >= 11 is 12.7. The van der Waals surface area contributed by atoms with Crippen molar-refractivity contribution in [1.29, 1.82) is 0 Å². The number of carbonyl (C=O) groups is 1. The quantitative estimate of drug-likeness (QED) is 0.0456. The summed E-state index contributed by atoms with van der Waals surface area (Å²) in [4.78, 5) is 31.7. The summed E-state index contributed by atoms with van der Waals surface area (Å²) in [6.45, 7) is -0.181. The molecule has 0 aliphatic carbocycles. The maximum absolute atomic E-state index is 8.79. The zero-order chi connectivity index (χ0) is 73.7. The van der Waals surface area contributed by atoms with Crippen LogP contribution in [0.5, 0.6) is 0 Å². The summed E-state index contributed by atoms with van der Waals surface area (Å²) in [5, 5.41) is 30.4. The van der Waals surface area contributed by atoms with E-state index in [1.807, 2.05) is 170 Å². The second kappa shape index (κ2) is 37.6. The molecule has 0 radical (unpaired) electrons. The number of nitrogens with zero attached hydrogens (tertiary/aromatic N) is 4. The Morgan fingerprint density at radius 2 is 0.564 bits per heavy atom. The van der Waals surface area contributed by atoms with E-state index in [0.717, 1.165) is 151 Å². The van der Waals surface area contributed by atoms with Gasteiger partial charge in [0, 0.05) is 70.7 Å². The van der Waals surface area contributed by atoms with Crippen molar-refractivity contribution in [2.45, 2.75) is 0 Å². The van der Waals surface area contributed by atoms with Gasteiger partial charge in [-0.1, -0.05) is 260 Å². The first-order valence-electron chi connectivity index (χ1n) is 34.6. The molecule has 0 fully saturated rings. The summed E-state index contributed by atoms with van der Waals surface area (Å²) in [5.41, 5.74) is 22.3. The fraction of sp³-hybridized carbons (Fsp3) is 0. The zero-order valence-corrected chi connectivity index (χ0v) is 73.7. The molecule has 18 rings (SSSR count). The van der Waals surface area contributed by atoms with Gasteiger partial charge in [0.15, 0.2) is 11.6 Å². The molecule has 0 amide bonds. The molecule has 110 heavy (non-hydrogen) atoms. The fourth-order valence-electron chi connectivity index (χ4n) is 12.8. The molecule has 18 aromatic rings. The number of carbonyl (C=O) groups excluding carboxylic acids is 1. The molecule has 0 saturated heterocycles. The first-order valence-corrected chi connectivity index (χ1v) is 35.4.